The van der Waals surface area contributed by atoms with E-state index in [1.165, 1.54) is 4.90 Å². The molecule has 5 heteroatoms. The van der Waals surface area contributed by atoms with Crippen molar-refractivity contribution in [2.24, 2.45) is 0 Å². The van der Waals surface area contributed by atoms with E-state index in [2.05, 4.69) is 28.7 Å². The first kappa shape index (κ1) is 10.5. The van der Waals surface area contributed by atoms with Crippen LogP contribution in [0.25, 0.3) is 5.69 Å². The van der Waals surface area contributed by atoms with E-state index < -0.39 is 0 Å². The van der Waals surface area contributed by atoms with Crippen molar-refractivity contribution in [1.29, 1.82) is 0 Å². The summed E-state index contributed by atoms with van der Waals surface area (Å²) in [5, 5.41) is 7.92. The van der Waals surface area contributed by atoms with E-state index in [9.17, 15) is 0 Å². The molecule has 0 unspecified atom stereocenters. The van der Waals surface area contributed by atoms with E-state index in [4.69, 9.17) is 11.6 Å². The molecule has 0 atom stereocenters. The first-order valence-electron chi connectivity index (χ1n) is 4.45. The zero-order valence-corrected chi connectivity index (χ0v) is 9.79. The molecule has 78 valence electrons. The van der Waals surface area contributed by atoms with E-state index in [1.54, 1.807) is 16.4 Å². The maximum Gasteiger partial charge on any atom is 0.0979 e. The molecular weight excluding hydrogens is 230 g/mol. The molecule has 0 aliphatic rings. The maximum absolute atomic E-state index is 5.66. The molecule has 1 aromatic carbocycles. The molecular formula is C10H10ClN3S. The maximum atomic E-state index is 5.66. The topological polar surface area (TPSA) is 30.7 Å². The third-order valence-corrected chi connectivity index (χ3v) is 3.03. The number of hydrogen-bond acceptors (Lipinski definition) is 3. The Labute approximate surface area is 97.4 Å². The van der Waals surface area contributed by atoms with Gasteiger partial charge in [0, 0.05) is 4.90 Å². The summed E-state index contributed by atoms with van der Waals surface area (Å²) < 4.78 is 1.72. The number of nitrogens with zero attached hydrogens (tertiary/aromatic N) is 3. The summed E-state index contributed by atoms with van der Waals surface area (Å²) >= 11 is 7.37. The Morgan fingerprint density at radius 1 is 1.33 bits per heavy atom. The van der Waals surface area contributed by atoms with Crippen LogP contribution in [-0.2, 0) is 5.88 Å². The first-order chi connectivity index (χ1) is 7.33. The summed E-state index contributed by atoms with van der Waals surface area (Å²) in [5.41, 5.74) is 1.78. The SMILES string of the molecule is CSc1ccc(-n2cc(CCl)nn2)cc1. The van der Waals surface area contributed by atoms with Gasteiger partial charge in [-0.25, -0.2) is 4.68 Å². The van der Waals surface area contributed by atoms with Crippen LogP contribution in [0.2, 0.25) is 0 Å². The van der Waals surface area contributed by atoms with Crippen molar-refractivity contribution in [3.63, 3.8) is 0 Å². The van der Waals surface area contributed by atoms with Crippen molar-refractivity contribution in [3.05, 3.63) is 36.2 Å². The van der Waals surface area contributed by atoms with Gasteiger partial charge in [0.2, 0.25) is 0 Å². The Morgan fingerprint density at radius 2 is 2.07 bits per heavy atom. The summed E-state index contributed by atoms with van der Waals surface area (Å²) in [6.45, 7) is 0. The highest BCUT2D eigenvalue weighted by Crippen LogP contribution is 2.16. The second-order valence-electron chi connectivity index (χ2n) is 2.99. The predicted octanol–water partition coefficient (Wildman–Crippen LogP) is 2.73. The van der Waals surface area contributed by atoms with Gasteiger partial charge in [-0.15, -0.1) is 28.5 Å². The Bertz CT molecular complexity index is 438. The number of thioether (sulfide) groups is 1. The third kappa shape index (κ3) is 2.33. The molecule has 3 nitrogen and oxygen atoms in total. The molecule has 0 saturated heterocycles. The Hall–Kier alpha value is -1.00. The Morgan fingerprint density at radius 3 is 2.60 bits per heavy atom. The van der Waals surface area contributed by atoms with Crippen molar-refractivity contribution in [3.8, 4) is 5.69 Å². The van der Waals surface area contributed by atoms with E-state index >= 15 is 0 Å². The Balaban J connectivity index is 2.28. The van der Waals surface area contributed by atoms with Gasteiger partial charge in [0.1, 0.15) is 0 Å². The highest BCUT2D eigenvalue weighted by Gasteiger charge is 2.01. The number of halogens is 1. The zero-order valence-electron chi connectivity index (χ0n) is 8.22. The number of aromatic nitrogens is 3. The molecule has 0 spiro atoms. The molecule has 0 radical (unpaired) electrons. The average Bonchev–Trinajstić information content (AvgIpc) is 2.78. The van der Waals surface area contributed by atoms with Crippen molar-refractivity contribution in [2.45, 2.75) is 10.8 Å². The van der Waals surface area contributed by atoms with Crippen molar-refractivity contribution in [2.75, 3.05) is 6.26 Å². The number of hydrogen-bond donors (Lipinski definition) is 0. The van der Waals surface area contributed by atoms with E-state index in [-0.39, 0.29) is 0 Å². The van der Waals surface area contributed by atoms with Gasteiger partial charge in [0.15, 0.2) is 0 Å². The minimum Gasteiger partial charge on any atom is -0.220 e. The minimum atomic E-state index is 0.392. The molecule has 1 aromatic heterocycles. The zero-order chi connectivity index (χ0) is 10.7. The molecule has 0 N–H and O–H groups in total. The van der Waals surface area contributed by atoms with Gasteiger partial charge in [0.05, 0.1) is 23.5 Å². The van der Waals surface area contributed by atoms with Gasteiger partial charge in [-0.1, -0.05) is 5.21 Å². The van der Waals surface area contributed by atoms with Crippen LogP contribution < -0.4 is 0 Å². The molecule has 2 aromatic rings. The predicted molar refractivity (Wildman–Crippen MR) is 62.7 cm³/mol. The standard InChI is InChI=1S/C10H10ClN3S/c1-15-10-4-2-9(3-5-10)14-7-8(6-11)12-13-14/h2-5,7H,6H2,1H3. The van der Waals surface area contributed by atoms with Crippen molar-refractivity contribution in [1.82, 2.24) is 15.0 Å². The van der Waals surface area contributed by atoms with Crippen LogP contribution in [0.15, 0.2) is 35.4 Å². The lowest BCUT2D eigenvalue weighted by Gasteiger charge is -2.00. The molecule has 0 fully saturated rings. The monoisotopic (exact) mass is 239 g/mol. The molecule has 0 aliphatic heterocycles. The van der Waals surface area contributed by atoms with Gasteiger partial charge in [-0.2, -0.15) is 0 Å². The smallest absolute Gasteiger partial charge is 0.0979 e. The summed E-state index contributed by atoms with van der Waals surface area (Å²) in [6, 6.07) is 8.14. The van der Waals surface area contributed by atoms with Crippen LogP contribution in [0, 0.1) is 0 Å². The Kier molecular flexibility index (Phi) is 3.28. The number of alkyl halides is 1. The van der Waals surface area contributed by atoms with E-state index in [0.717, 1.165) is 11.4 Å². The summed E-state index contributed by atoms with van der Waals surface area (Å²) in [6.07, 6.45) is 3.89. The van der Waals surface area contributed by atoms with Crippen LogP contribution in [0.4, 0.5) is 0 Å². The second-order valence-corrected chi connectivity index (χ2v) is 4.13. The summed E-state index contributed by atoms with van der Waals surface area (Å²) in [5.74, 6) is 0.392. The van der Waals surface area contributed by atoms with Crippen LogP contribution in [0.1, 0.15) is 5.69 Å². The van der Waals surface area contributed by atoms with E-state index in [0.29, 0.717) is 5.88 Å². The van der Waals surface area contributed by atoms with Crippen LogP contribution in [0.3, 0.4) is 0 Å². The van der Waals surface area contributed by atoms with E-state index in [1.807, 2.05) is 18.3 Å². The molecule has 0 bridgehead atoms. The van der Waals surface area contributed by atoms with Gasteiger partial charge in [-0.3, -0.25) is 0 Å². The number of rotatable bonds is 3. The molecule has 1 heterocycles. The summed E-state index contributed by atoms with van der Waals surface area (Å²) in [4.78, 5) is 1.23. The van der Waals surface area contributed by atoms with Crippen molar-refractivity contribution < 1.29 is 0 Å². The fourth-order valence-corrected chi connectivity index (χ4v) is 1.75. The summed E-state index contributed by atoms with van der Waals surface area (Å²) in [7, 11) is 0. The van der Waals surface area contributed by atoms with Gasteiger partial charge in [-0.05, 0) is 30.5 Å². The molecule has 15 heavy (non-hydrogen) atoms. The fraction of sp³-hybridized carbons (Fsp3) is 0.200. The highest BCUT2D eigenvalue weighted by molar-refractivity contribution is 7.98. The second kappa shape index (κ2) is 4.68. The van der Waals surface area contributed by atoms with Gasteiger partial charge >= 0.3 is 0 Å². The van der Waals surface area contributed by atoms with Crippen molar-refractivity contribution >= 4 is 23.4 Å². The lowest BCUT2D eigenvalue weighted by Crippen LogP contribution is -1.94. The normalized spacial score (nSPS) is 10.5. The molecule has 0 amide bonds. The lowest BCUT2D eigenvalue weighted by molar-refractivity contribution is 0.799. The van der Waals surface area contributed by atoms with Crippen LogP contribution >= 0.6 is 23.4 Å². The molecule has 2 rings (SSSR count). The van der Waals surface area contributed by atoms with Gasteiger partial charge in [0.25, 0.3) is 0 Å². The quantitative estimate of drug-likeness (QED) is 0.610. The third-order valence-electron chi connectivity index (χ3n) is 2.01. The highest BCUT2D eigenvalue weighted by atomic mass is 35.5. The van der Waals surface area contributed by atoms with Crippen LogP contribution in [0.5, 0.6) is 0 Å². The van der Waals surface area contributed by atoms with Crippen LogP contribution in [-0.4, -0.2) is 21.2 Å². The largest absolute Gasteiger partial charge is 0.220 e. The number of benzene rings is 1. The first-order valence-corrected chi connectivity index (χ1v) is 6.21. The average molecular weight is 240 g/mol. The lowest BCUT2D eigenvalue weighted by atomic mass is 10.3. The minimum absolute atomic E-state index is 0.392. The molecule has 0 aliphatic carbocycles. The molecule has 0 saturated carbocycles. The fourth-order valence-electron chi connectivity index (χ4n) is 1.22. The van der Waals surface area contributed by atoms with Gasteiger partial charge < -0.3 is 0 Å².